The van der Waals surface area contributed by atoms with Crippen molar-refractivity contribution in [3.05, 3.63) is 0 Å². The van der Waals surface area contributed by atoms with E-state index in [1.807, 2.05) is 0 Å². The molecule has 0 aromatic heterocycles. The first-order valence-electron chi connectivity index (χ1n) is 9.54. The Labute approximate surface area is 147 Å². The Morgan fingerprint density at radius 1 is 1.17 bits per heavy atom. The summed E-state index contributed by atoms with van der Waals surface area (Å²) in [7, 11) is 0. The molecule has 1 saturated heterocycles. The van der Waals surface area contributed by atoms with Crippen molar-refractivity contribution < 1.29 is 0 Å². The Hall–Kier alpha value is -0.720. The molecule has 0 aromatic carbocycles. The second kappa shape index (κ2) is 8.11. The largest absolute Gasteiger partial charge is 0.330 e. The molecule has 1 aliphatic heterocycles. The zero-order valence-electron chi connectivity index (χ0n) is 16.2. The number of nitrogens with zero attached hydrogens (tertiary/aromatic N) is 3. The lowest BCUT2D eigenvalue weighted by Crippen LogP contribution is -2.33. The lowest BCUT2D eigenvalue weighted by Gasteiger charge is -2.26. The Morgan fingerprint density at radius 3 is 2.38 bits per heavy atom. The van der Waals surface area contributed by atoms with Crippen LogP contribution in [0.4, 0.5) is 0 Å². The predicted molar refractivity (Wildman–Crippen MR) is 99.6 cm³/mol. The molecule has 0 bridgehead atoms. The molecule has 0 amide bonds. The van der Waals surface area contributed by atoms with Crippen molar-refractivity contribution in [1.29, 1.82) is 0 Å². The molecule has 5 atom stereocenters. The molecular formula is C18H38N6. The fraction of sp³-hybridized carbons (Fsp3) is 1.00. The van der Waals surface area contributed by atoms with Crippen molar-refractivity contribution in [3.8, 4) is 0 Å². The zero-order chi connectivity index (χ0) is 17.9. The Morgan fingerprint density at radius 2 is 1.83 bits per heavy atom. The van der Waals surface area contributed by atoms with Gasteiger partial charge in [0, 0.05) is 31.2 Å². The molecule has 0 aromatic rings. The maximum absolute atomic E-state index is 6.20. The van der Waals surface area contributed by atoms with Crippen molar-refractivity contribution in [2.75, 3.05) is 19.6 Å². The SMILES string of the molecule is CC(C)N1CC(N)C(N=NNC2CC(CN)C(CC(C)(C)C)C2)C1. The molecule has 1 heterocycles. The number of rotatable bonds is 6. The molecule has 2 fully saturated rings. The first kappa shape index (κ1) is 19.6. The highest BCUT2D eigenvalue weighted by atomic mass is 15.4. The second-order valence-electron chi connectivity index (χ2n) is 9.31. The summed E-state index contributed by atoms with van der Waals surface area (Å²) in [6, 6.07) is 1.11. The van der Waals surface area contributed by atoms with Gasteiger partial charge in [-0.3, -0.25) is 10.3 Å². The third-order valence-electron chi connectivity index (χ3n) is 5.56. The number of likely N-dealkylation sites (tertiary alicyclic amines) is 1. The fourth-order valence-electron chi connectivity index (χ4n) is 4.22. The van der Waals surface area contributed by atoms with Crippen LogP contribution in [0.1, 0.15) is 53.9 Å². The van der Waals surface area contributed by atoms with Crippen LogP contribution in [-0.2, 0) is 0 Å². The van der Waals surface area contributed by atoms with E-state index in [0.717, 1.165) is 32.5 Å². The van der Waals surface area contributed by atoms with Crippen molar-refractivity contribution in [2.24, 2.45) is 39.1 Å². The van der Waals surface area contributed by atoms with Crippen molar-refractivity contribution >= 4 is 0 Å². The van der Waals surface area contributed by atoms with Gasteiger partial charge >= 0.3 is 0 Å². The van der Waals surface area contributed by atoms with Crippen LogP contribution in [0.15, 0.2) is 10.3 Å². The molecule has 2 rings (SSSR count). The molecule has 0 radical (unpaired) electrons. The standard InChI is InChI=1S/C18H38N6/c1-12(2)24-10-16(20)17(11-24)22-23-21-15-6-13(8-18(3,4)5)14(7-15)9-19/h12-17H,6-11,19-20H2,1-5H3,(H,21,22). The Bertz CT molecular complexity index is 416. The van der Waals surface area contributed by atoms with Gasteiger partial charge in [0.05, 0.1) is 0 Å². The average molecular weight is 339 g/mol. The highest BCUT2D eigenvalue weighted by Gasteiger charge is 2.36. The molecular weight excluding hydrogens is 300 g/mol. The van der Waals surface area contributed by atoms with Gasteiger partial charge in [-0.15, -0.1) is 0 Å². The lowest BCUT2D eigenvalue weighted by molar-refractivity contribution is 0.250. The van der Waals surface area contributed by atoms with Gasteiger partial charge in [-0.1, -0.05) is 26.0 Å². The maximum Gasteiger partial charge on any atom is 0.102 e. The quantitative estimate of drug-likeness (QED) is 0.511. The van der Waals surface area contributed by atoms with E-state index in [9.17, 15) is 0 Å². The van der Waals surface area contributed by atoms with E-state index in [4.69, 9.17) is 11.5 Å². The van der Waals surface area contributed by atoms with Crippen LogP contribution in [0, 0.1) is 17.3 Å². The van der Waals surface area contributed by atoms with Gasteiger partial charge in [0.25, 0.3) is 0 Å². The normalized spacial score (nSPS) is 35.4. The summed E-state index contributed by atoms with van der Waals surface area (Å²) < 4.78 is 0. The number of hydrogen-bond acceptors (Lipinski definition) is 5. The van der Waals surface area contributed by atoms with E-state index in [2.05, 4.69) is 55.3 Å². The van der Waals surface area contributed by atoms with Crippen LogP contribution in [0.2, 0.25) is 0 Å². The van der Waals surface area contributed by atoms with E-state index in [1.54, 1.807) is 0 Å². The van der Waals surface area contributed by atoms with Crippen LogP contribution in [0.25, 0.3) is 0 Å². The molecule has 24 heavy (non-hydrogen) atoms. The molecule has 6 nitrogen and oxygen atoms in total. The molecule has 1 aliphatic carbocycles. The van der Waals surface area contributed by atoms with Gasteiger partial charge in [0.1, 0.15) is 6.04 Å². The summed E-state index contributed by atoms with van der Waals surface area (Å²) >= 11 is 0. The molecule has 2 aliphatic rings. The minimum absolute atomic E-state index is 0.0898. The summed E-state index contributed by atoms with van der Waals surface area (Å²) in [5.74, 6) is 1.29. The van der Waals surface area contributed by atoms with E-state index in [0.29, 0.717) is 29.3 Å². The average Bonchev–Trinajstić information content (AvgIpc) is 3.01. The van der Waals surface area contributed by atoms with Crippen molar-refractivity contribution in [3.63, 3.8) is 0 Å². The Kier molecular flexibility index (Phi) is 6.62. The highest BCUT2D eigenvalue weighted by molar-refractivity contribution is 4.93. The summed E-state index contributed by atoms with van der Waals surface area (Å²) in [5, 5.41) is 8.77. The predicted octanol–water partition coefficient (Wildman–Crippen LogP) is 2.15. The number of nitrogens with two attached hydrogens (primary N) is 2. The van der Waals surface area contributed by atoms with E-state index < -0.39 is 0 Å². The first-order valence-corrected chi connectivity index (χ1v) is 9.54. The highest BCUT2D eigenvalue weighted by Crippen LogP contribution is 2.39. The minimum atomic E-state index is 0.0898. The fourth-order valence-corrected chi connectivity index (χ4v) is 4.22. The summed E-state index contributed by atoms with van der Waals surface area (Å²) in [5.41, 5.74) is 15.8. The third kappa shape index (κ3) is 5.39. The minimum Gasteiger partial charge on any atom is -0.330 e. The molecule has 1 saturated carbocycles. The molecule has 140 valence electrons. The topological polar surface area (TPSA) is 92.0 Å². The van der Waals surface area contributed by atoms with Crippen molar-refractivity contribution in [2.45, 2.75) is 78.0 Å². The summed E-state index contributed by atoms with van der Waals surface area (Å²) in [4.78, 5) is 2.37. The smallest absolute Gasteiger partial charge is 0.102 e. The van der Waals surface area contributed by atoms with E-state index in [1.165, 1.54) is 6.42 Å². The number of hydrogen-bond donors (Lipinski definition) is 3. The third-order valence-corrected chi connectivity index (χ3v) is 5.56. The van der Waals surface area contributed by atoms with E-state index in [-0.39, 0.29) is 12.1 Å². The van der Waals surface area contributed by atoms with Crippen LogP contribution in [0.3, 0.4) is 0 Å². The van der Waals surface area contributed by atoms with Crippen LogP contribution < -0.4 is 16.9 Å². The van der Waals surface area contributed by atoms with Gasteiger partial charge in [-0.05, 0) is 56.9 Å². The van der Waals surface area contributed by atoms with Gasteiger partial charge in [0.15, 0.2) is 0 Å². The maximum atomic E-state index is 6.20. The zero-order valence-corrected chi connectivity index (χ0v) is 16.2. The van der Waals surface area contributed by atoms with Gasteiger partial charge in [0.2, 0.25) is 0 Å². The molecule has 6 heteroatoms. The monoisotopic (exact) mass is 338 g/mol. The summed E-state index contributed by atoms with van der Waals surface area (Å²) in [6.07, 6.45) is 3.47. The molecule has 0 spiro atoms. The van der Waals surface area contributed by atoms with Crippen LogP contribution >= 0.6 is 0 Å². The van der Waals surface area contributed by atoms with Crippen molar-refractivity contribution in [1.82, 2.24) is 10.3 Å². The van der Waals surface area contributed by atoms with Crippen LogP contribution in [-0.4, -0.2) is 48.7 Å². The van der Waals surface area contributed by atoms with Gasteiger partial charge in [-0.25, -0.2) is 0 Å². The van der Waals surface area contributed by atoms with Gasteiger partial charge < -0.3 is 11.5 Å². The summed E-state index contributed by atoms with van der Waals surface area (Å²) in [6.45, 7) is 13.9. The molecule has 5 N–H and O–H groups in total. The molecule has 5 unspecified atom stereocenters. The van der Waals surface area contributed by atoms with Crippen LogP contribution in [0.5, 0.6) is 0 Å². The number of nitrogens with one attached hydrogen (secondary N) is 1. The second-order valence-corrected chi connectivity index (χ2v) is 9.31. The lowest BCUT2D eigenvalue weighted by atomic mass is 9.80. The van der Waals surface area contributed by atoms with E-state index >= 15 is 0 Å². The van der Waals surface area contributed by atoms with Gasteiger partial charge in [-0.2, -0.15) is 5.11 Å². The Balaban J connectivity index is 1.82. The first-order chi connectivity index (χ1) is 11.2.